The van der Waals surface area contributed by atoms with Crippen LogP contribution in [0.2, 0.25) is 5.02 Å². The van der Waals surface area contributed by atoms with Gasteiger partial charge in [0.1, 0.15) is 29.5 Å². The number of halogens is 1. The van der Waals surface area contributed by atoms with E-state index in [0.29, 0.717) is 41.9 Å². The molecule has 5 atom stereocenters. The Bertz CT molecular complexity index is 2610. The number of alkyl carbamates (subject to hydrolysis) is 2. The van der Waals surface area contributed by atoms with Gasteiger partial charge in [0.2, 0.25) is 18.0 Å². The second-order valence-corrected chi connectivity index (χ2v) is 18.0. The number of aliphatic imine (C=N–C) groups is 1. The summed E-state index contributed by atoms with van der Waals surface area (Å²) in [6.07, 6.45) is 5.13. The van der Waals surface area contributed by atoms with Crippen LogP contribution in [0, 0.1) is 11.8 Å². The van der Waals surface area contributed by atoms with Crippen LogP contribution in [0.3, 0.4) is 0 Å². The van der Waals surface area contributed by atoms with Crippen LogP contribution in [0.5, 0.6) is 5.75 Å². The van der Waals surface area contributed by atoms with Gasteiger partial charge >= 0.3 is 12.2 Å². The largest absolute Gasteiger partial charge is 0.464 e. The first-order chi connectivity index (χ1) is 31.8. The van der Waals surface area contributed by atoms with E-state index in [1.807, 2.05) is 94.4 Å². The van der Waals surface area contributed by atoms with Crippen LogP contribution in [-0.4, -0.2) is 98.8 Å². The number of amides is 4. The molecule has 2 fully saturated rings. The molecule has 4 N–H and O–H groups in total. The molecule has 5 aromatic rings. The van der Waals surface area contributed by atoms with Gasteiger partial charge in [-0.3, -0.25) is 9.59 Å². The van der Waals surface area contributed by atoms with E-state index in [9.17, 15) is 19.2 Å². The molecule has 8 rings (SSSR count). The Kier molecular flexibility index (Phi) is 13.8. The summed E-state index contributed by atoms with van der Waals surface area (Å²) in [6.45, 7) is 8.67. The van der Waals surface area contributed by atoms with Crippen LogP contribution in [0.1, 0.15) is 100 Å². The number of hydrogen-bond acceptors (Lipinski definition) is 10. The van der Waals surface area contributed by atoms with Gasteiger partial charge in [-0.1, -0.05) is 81.8 Å². The Balaban J connectivity index is 1.04. The molecule has 0 spiro atoms. The van der Waals surface area contributed by atoms with Gasteiger partial charge in [0.25, 0.3) is 0 Å². The molecule has 17 heteroatoms. The lowest BCUT2D eigenvalue weighted by atomic mass is 9.96. The summed E-state index contributed by atoms with van der Waals surface area (Å²) >= 11 is 6.95. The predicted octanol–water partition coefficient (Wildman–Crippen LogP) is 8.33. The number of aromatic amines is 2. The van der Waals surface area contributed by atoms with Crippen molar-refractivity contribution >= 4 is 41.3 Å². The fraction of sp³-hybridized carbons (Fsp3) is 0.408. The van der Waals surface area contributed by atoms with Gasteiger partial charge in [0, 0.05) is 41.2 Å². The highest BCUT2D eigenvalue weighted by atomic mass is 35.5. The van der Waals surface area contributed by atoms with E-state index in [0.717, 1.165) is 70.6 Å². The smallest absolute Gasteiger partial charge is 0.407 e. The minimum atomic E-state index is -0.733. The van der Waals surface area contributed by atoms with E-state index in [1.165, 1.54) is 14.2 Å². The maximum absolute atomic E-state index is 13.8. The molecule has 2 aromatic heterocycles. The zero-order valence-electron chi connectivity index (χ0n) is 38.0. The van der Waals surface area contributed by atoms with Crippen LogP contribution < -0.4 is 15.4 Å². The van der Waals surface area contributed by atoms with Crippen molar-refractivity contribution in [3.8, 4) is 28.3 Å². The lowest BCUT2D eigenvalue weighted by Gasteiger charge is -2.30. The maximum atomic E-state index is 13.8. The third-order valence-electron chi connectivity index (χ3n) is 12.6. The number of carbonyl (C=O) groups is 4. The van der Waals surface area contributed by atoms with Crippen LogP contribution in [0.15, 0.2) is 84.1 Å². The number of carbonyl (C=O) groups excluding carboxylic acids is 4. The fourth-order valence-corrected chi connectivity index (χ4v) is 9.22. The van der Waals surface area contributed by atoms with Crippen LogP contribution in [0.4, 0.5) is 9.59 Å². The summed E-state index contributed by atoms with van der Waals surface area (Å²) in [4.78, 5) is 76.9. The number of nitrogens with zero attached hydrogens (tertiary/aromatic N) is 5. The lowest BCUT2D eigenvalue weighted by Crippen LogP contribution is -2.51. The number of ether oxygens (including phenoxy) is 3. The highest BCUT2D eigenvalue weighted by molar-refractivity contribution is 6.31. The number of imidazole rings is 2. The van der Waals surface area contributed by atoms with E-state index in [-0.39, 0.29) is 35.7 Å². The van der Waals surface area contributed by atoms with Crippen molar-refractivity contribution in [1.82, 2.24) is 40.4 Å². The van der Waals surface area contributed by atoms with Crippen molar-refractivity contribution in [3.05, 3.63) is 112 Å². The average molecular weight is 918 g/mol. The molecule has 0 saturated carbocycles. The van der Waals surface area contributed by atoms with Crippen molar-refractivity contribution in [1.29, 1.82) is 0 Å². The van der Waals surface area contributed by atoms with Crippen molar-refractivity contribution in [2.45, 2.75) is 90.2 Å². The molecular formula is C49H56ClN9O7. The summed E-state index contributed by atoms with van der Waals surface area (Å²) in [6, 6.07) is 19.7. The number of aromatic nitrogens is 4. The highest BCUT2D eigenvalue weighted by Gasteiger charge is 2.39. The molecule has 0 bridgehead atoms. The Morgan fingerprint density at radius 2 is 1.29 bits per heavy atom. The van der Waals surface area contributed by atoms with E-state index >= 15 is 0 Å². The topological polar surface area (TPSA) is 196 Å². The van der Waals surface area contributed by atoms with Gasteiger partial charge < -0.3 is 44.6 Å². The molecule has 3 aliphatic heterocycles. The first-order valence-electron chi connectivity index (χ1n) is 22.4. The molecule has 3 aliphatic rings. The molecule has 5 unspecified atom stereocenters. The van der Waals surface area contributed by atoms with Gasteiger partial charge in [-0.05, 0) is 72.9 Å². The number of hydrogen-bond donors (Lipinski definition) is 4. The number of likely N-dealkylation sites (tertiary alicyclic amines) is 2. The summed E-state index contributed by atoms with van der Waals surface area (Å²) in [5, 5.41) is 5.99. The molecule has 66 heavy (non-hydrogen) atoms. The molecule has 3 aromatic carbocycles. The molecule has 0 radical (unpaired) electrons. The summed E-state index contributed by atoms with van der Waals surface area (Å²) < 4.78 is 16.2. The van der Waals surface area contributed by atoms with Gasteiger partial charge in [0.05, 0.1) is 55.8 Å². The van der Waals surface area contributed by atoms with E-state index in [1.54, 1.807) is 22.2 Å². The third-order valence-corrected chi connectivity index (χ3v) is 13.0. The lowest BCUT2D eigenvalue weighted by molar-refractivity contribution is -0.136. The highest BCUT2D eigenvalue weighted by Crippen LogP contribution is 2.39. The van der Waals surface area contributed by atoms with Gasteiger partial charge in [-0.2, -0.15) is 0 Å². The van der Waals surface area contributed by atoms with Crippen LogP contribution in [-0.2, 0) is 25.5 Å². The molecule has 0 aliphatic carbocycles. The summed E-state index contributed by atoms with van der Waals surface area (Å²) in [5.41, 5.74) is 6.64. The number of H-pyrrole nitrogens is 2. The molecular weight excluding hydrogens is 862 g/mol. The molecule has 16 nitrogen and oxygen atoms in total. The first kappa shape index (κ1) is 45.9. The molecule has 5 heterocycles. The number of rotatable bonds is 13. The second-order valence-electron chi connectivity index (χ2n) is 17.6. The zero-order chi connectivity index (χ0) is 46.6. The number of benzene rings is 3. The minimum absolute atomic E-state index is 0.143. The minimum Gasteiger partial charge on any atom is -0.464 e. The summed E-state index contributed by atoms with van der Waals surface area (Å²) in [5.74, 6) is 1.35. The molecule has 346 valence electrons. The van der Waals surface area contributed by atoms with E-state index in [4.69, 9.17) is 40.8 Å². The molecule has 2 saturated heterocycles. The number of fused-ring (bicyclic) bond motifs is 1. The van der Waals surface area contributed by atoms with Gasteiger partial charge in [0.15, 0.2) is 0 Å². The standard InChI is InChI=1S/C49H56ClN9O7/c1-27(2)41(56-48(62)64-5)46(60)58-20-10-14-38(58)43-51-25-36(53-43)30-17-19-34(50)32(22-30)23-35-33-18-16-31(24-40(33)66-45(55-35)29-12-8-7-9-13-29)37-26-52-44(54-37)39-15-11-21-59(39)47(61)42(28(3)4)57-49(63)65-6/h7-9,12-13,16-19,22,24-28,38-39,41-42,45H,10-11,14-15,20-21,23H2,1-6H3,(H,51,53)(H,52,54)(H,56,62)(H,57,63). The summed E-state index contributed by atoms with van der Waals surface area (Å²) in [7, 11) is 2.56. The zero-order valence-corrected chi connectivity index (χ0v) is 38.7. The Morgan fingerprint density at radius 3 is 1.82 bits per heavy atom. The SMILES string of the molecule is COC(=O)NC(C(=O)N1CCCC1c1ncc(-c2ccc(Cl)c(CC3=NC(c4ccccc4)Oc4cc(-c5cnc(C6CCCN6C(=O)C(NC(=O)OC)C(C)C)[nH]5)ccc43)c2)[nH]1)C(C)C. The van der Waals surface area contributed by atoms with Crippen molar-refractivity contribution in [2.24, 2.45) is 16.8 Å². The van der Waals surface area contributed by atoms with E-state index in [2.05, 4.69) is 20.6 Å². The monoisotopic (exact) mass is 917 g/mol. The predicted molar refractivity (Wildman–Crippen MR) is 249 cm³/mol. The Morgan fingerprint density at radius 1 is 0.758 bits per heavy atom. The van der Waals surface area contributed by atoms with Crippen molar-refractivity contribution in [2.75, 3.05) is 27.3 Å². The Labute approximate surface area is 388 Å². The van der Waals surface area contributed by atoms with Gasteiger partial charge in [-0.25, -0.2) is 24.5 Å². The van der Waals surface area contributed by atoms with Crippen LogP contribution >= 0.6 is 11.6 Å². The number of methoxy groups -OCH3 is 2. The first-order valence-corrected chi connectivity index (χ1v) is 22.8. The Hall–Kier alpha value is -6.68. The van der Waals surface area contributed by atoms with E-state index < -0.39 is 30.5 Å². The maximum Gasteiger partial charge on any atom is 0.407 e. The quantitative estimate of drug-likeness (QED) is 0.0898. The van der Waals surface area contributed by atoms with Crippen molar-refractivity contribution < 1.29 is 33.4 Å². The number of nitrogens with one attached hydrogen (secondary N) is 4. The average Bonchev–Trinajstić information content (AvgIpc) is 4.17. The normalized spacial score (nSPS) is 18.9. The van der Waals surface area contributed by atoms with Crippen LogP contribution in [0.25, 0.3) is 22.5 Å². The fourth-order valence-electron chi connectivity index (χ4n) is 9.03. The third kappa shape index (κ3) is 9.64. The van der Waals surface area contributed by atoms with Crippen molar-refractivity contribution in [3.63, 3.8) is 0 Å². The molecule has 4 amide bonds. The van der Waals surface area contributed by atoms with Gasteiger partial charge in [-0.15, -0.1) is 0 Å². The second kappa shape index (κ2) is 19.8.